The van der Waals surface area contributed by atoms with Crippen LogP contribution in [0, 0.1) is 24.6 Å². The molecule has 6 heteroatoms. The minimum Gasteiger partial charge on any atom is -0.481 e. The maximum Gasteiger partial charge on any atom is 0.308 e. The fourth-order valence-electron chi connectivity index (χ4n) is 2.75. The van der Waals surface area contributed by atoms with E-state index >= 15 is 0 Å². The Kier molecular flexibility index (Phi) is 5.49. The van der Waals surface area contributed by atoms with E-state index in [9.17, 15) is 19.1 Å². The maximum atomic E-state index is 13.3. The number of aliphatic carboxylic acids is 1. The Hall–Kier alpha value is -1.95. The van der Waals surface area contributed by atoms with Gasteiger partial charge in [-0.3, -0.25) is 9.59 Å². The Bertz CT molecular complexity index is 535. The molecule has 0 radical (unpaired) electrons. The summed E-state index contributed by atoms with van der Waals surface area (Å²) in [4.78, 5) is 23.5. The number of benzene rings is 1. The summed E-state index contributed by atoms with van der Waals surface area (Å²) in [5, 5.41) is 11.9. The number of hydrogen-bond acceptors (Lipinski definition) is 3. The minimum absolute atomic E-state index is 0.0132. The number of halogens is 1. The Morgan fingerprint density at radius 3 is 2.64 bits per heavy atom. The highest BCUT2D eigenvalue weighted by Gasteiger charge is 2.30. The van der Waals surface area contributed by atoms with Gasteiger partial charge in [-0.05, 0) is 49.4 Å². The summed E-state index contributed by atoms with van der Waals surface area (Å²) in [5.74, 6) is -2.53. The van der Waals surface area contributed by atoms with Gasteiger partial charge in [-0.25, -0.2) is 4.39 Å². The maximum absolute atomic E-state index is 13.3. The molecule has 1 amide bonds. The van der Waals surface area contributed by atoms with Crippen molar-refractivity contribution < 1.29 is 23.8 Å². The number of amides is 1. The van der Waals surface area contributed by atoms with E-state index in [0.717, 1.165) is 6.07 Å². The molecule has 2 rings (SSSR count). The minimum atomic E-state index is -0.928. The summed E-state index contributed by atoms with van der Waals surface area (Å²) in [7, 11) is 0. The predicted octanol–water partition coefficient (Wildman–Crippen LogP) is 1.99. The molecule has 0 saturated carbocycles. The van der Waals surface area contributed by atoms with Crippen molar-refractivity contribution >= 4 is 11.9 Å². The average Bonchev–Trinajstić information content (AvgIpc) is 2.47. The molecule has 5 nitrogen and oxygen atoms in total. The van der Waals surface area contributed by atoms with Crippen LogP contribution in [0.2, 0.25) is 0 Å². The van der Waals surface area contributed by atoms with Gasteiger partial charge in [-0.1, -0.05) is 0 Å². The molecule has 1 fully saturated rings. The number of carbonyl (C=O) groups is 2. The van der Waals surface area contributed by atoms with Crippen molar-refractivity contribution in [2.45, 2.75) is 19.8 Å². The number of carboxylic acid groups (broad SMARTS) is 1. The zero-order valence-corrected chi connectivity index (χ0v) is 12.5. The SMILES string of the molecule is Cc1cc(F)cc(C(=O)NCC(C(=O)O)C2CCOCC2)c1. The van der Waals surface area contributed by atoms with Crippen molar-refractivity contribution in [2.75, 3.05) is 19.8 Å². The lowest BCUT2D eigenvalue weighted by atomic mass is 9.86. The van der Waals surface area contributed by atoms with Gasteiger partial charge in [-0.2, -0.15) is 0 Å². The van der Waals surface area contributed by atoms with Crippen LogP contribution in [0.25, 0.3) is 0 Å². The molecule has 0 aliphatic carbocycles. The van der Waals surface area contributed by atoms with Crippen LogP contribution in [0.4, 0.5) is 4.39 Å². The Balaban J connectivity index is 1.99. The molecule has 1 unspecified atom stereocenters. The fraction of sp³-hybridized carbons (Fsp3) is 0.500. The van der Waals surface area contributed by atoms with Crippen LogP contribution in [0.15, 0.2) is 18.2 Å². The van der Waals surface area contributed by atoms with Gasteiger partial charge in [0.2, 0.25) is 0 Å². The summed E-state index contributed by atoms with van der Waals surface area (Å²) in [5.41, 5.74) is 0.845. The standard InChI is InChI=1S/C16H20FNO4/c1-10-6-12(8-13(17)7-10)15(19)18-9-14(16(20)21)11-2-4-22-5-3-11/h6-8,11,14H,2-5,9H2,1H3,(H,18,19)(H,20,21). The molecule has 0 spiro atoms. The number of aryl methyl sites for hydroxylation is 1. The van der Waals surface area contributed by atoms with Gasteiger partial charge in [-0.15, -0.1) is 0 Å². The molecular weight excluding hydrogens is 289 g/mol. The third-order valence-electron chi connectivity index (χ3n) is 3.94. The van der Waals surface area contributed by atoms with E-state index in [1.54, 1.807) is 13.0 Å². The summed E-state index contributed by atoms with van der Waals surface area (Å²) in [6, 6.07) is 4.05. The predicted molar refractivity (Wildman–Crippen MR) is 78.1 cm³/mol. The van der Waals surface area contributed by atoms with Crippen molar-refractivity contribution in [2.24, 2.45) is 11.8 Å². The summed E-state index contributed by atoms with van der Waals surface area (Å²) < 4.78 is 18.5. The van der Waals surface area contributed by atoms with Crippen molar-refractivity contribution in [1.82, 2.24) is 5.32 Å². The highest BCUT2D eigenvalue weighted by atomic mass is 19.1. The van der Waals surface area contributed by atoms with Crippen LogP contribution < -0.4 is 5.32 Å². The van der Waals surface area contributed by atoms with E-state index in [1.807, 2.05) is 0 Å². The fourth-order valence-corrected chi connectivity index (χ4v) is 2.75. The van der Waals surface area contributed by atoms with Crippen molar-refractivity contribution in [3.05, 3.63) is 35.1 Å². The first-order valence-corrected chi connectivity index (χ1v) is 7.33. The van der Waals surface area contributed by atoms with E-state index in [2.05, 4.69) is 5.32 Å². The molecule has 1 aromatic carbocycles. The zero-order valence-electron chi connectivity index (χ0n) is 12.5. The molecule has 1 heterocycles. The monoisotopic (exact) mass is 309 g/mol. The largest absolute Gasteiger partial charge is 0.481 e. The number of ether oxygens (including phenoxy) is 1. The molecule has 1 aliphatic rings. The first-order valence-electron chi connectivity index (χ1n) is 7.33. The van der Waals surface area contributed by atoms with Gasteiger partial charge in [0, 0.05) is 25.3 Å². The van der Waals surface area contributed by atoms with Gasteiger partial charge in [0.05, 0.1) is 5.92 Å². The zero-order chi connectivity index (χ0) is 16.1. The van der Waals surface area contributed by atoms with Crippen LogP contribution in [0.1, 0.15) is 28.8 Å². The molecule has 0 bridgehead atoms. The van der Waals surface area contributed by atoms with Gasteiger partial charge in [0.15, 0.2) is 0 Å². The topological polar surface area (TPSA) is 75.6 Å². The van der Waals surface area contributed by atoms with E-state index < -0.39 is 23.6 Å². The lowest BCUT2D eigenvalue weighted by Crippen LogP contribution is -2.39. The quantitative estimate of drug-likeness (QED) is 0.872. The Morgan fingerprint density at radius 1 is 1.36 bits per heavy atom. The lowest BCUT2D eigenvalue weighted by Gasteiger charge is -2.27. The molecule has 2 N–H and O–H groups in total. The average molecular weight is 309 g/mol. The Labute approximate surface area is 128 Å². The summed E-state index contributed by atoms with van der Waals surface area (Å²) in [6.07, 6.45) is 1.35. The summed E-state index contributed by atoms with van der Waals surface area (Å²) >= 11 is 0. The van der Waals surface area contributed by atoms with Crippen LogP contribution in [0.5, 0.6) is 0 Å². The van der Waals surface area contributed by atoms with Crippen LogP contribution in [-0.4, -0.2) is 36.7 Å². The van der Waals surface area contributed by atoms with E-state index in [4.69, 9.17) is 4.74 Å². The third kappa shape index (κ3) is 4.27. The molecule has 22 heavy (non-hydrogen) atoms. The smallest absolute Gasteiger partial charge is 0.308 e. The molecule has 1 atom stereocenters. The first kappa shape index (κ1) is 16.4. The number of carboxylic acids is 1. The van der Waals surface area contributed by atoms with Gasteiger partial charge in [0.1, 0.15) is 5.82 Å². The second-order valence-electron chi connectivity index (χ2n) is 5.62. The van der Waals surface area contributed by atoms with Crippen molar-refractivity contribution in [3.8, 4) is 0 Å². The molecule has 0 aromatic heterocycles. The second-order valence-corrected chi connectivity index (χ2v) is 5.62. The second kappa shape index (κ2) is 7.35. The molecule has 1 saturated heterocycles. The van der Waals surface area contributed by atoms with E-state index in [1.165, 1.54) is 6.07 Å². The van der Waals surface area contributed by atoms with Crippen LogP contribution >= 0.6 is 0 Å². The van der Waals surface area contributed by atoms with Gasteiger partial charge in [0.25, 0.3) is 5.91 Å². The number of carbonyl (C=O) groups excluding carboxylic acids is 1. The highest BCUT2D eigenvalue weighted by molar-refractivity contribution is 5.94. The molecule has 120 valence electrons. The highest BCUT2D eigenvalue weighted by Crippen LogP contribution is 2.23. The number of hydrogen-bond donors (Lipinski definition) is 2. The van der Waals surface area contributed by atoms with Gasteiger partial charge < -0.3 is 15.2 Å². The number of rotatable bonds is 5. The van der Waals surface area contributed by atoms with Crippen LogP contribution in [0.3, 0.4) is 0 Å². The molecule has 1 aromatic rings. The molecule has 1 aliphatic heterocycles. The van der Waals surface area contributed by atoms with E-state index in [-0.39, 0.29) is 18.0 Å². The van der Waals surface area contributed by atoms with Crippen molar-refractivity contribution in [1.29, 1.82) is 0 Å². The third-order valence-corrected chi connectivity index (χ3v) is 3.94. The normalized spacial score (nSPS) is 17.0. The van der Waals surface area contributed by atoms with Crippen LogP contribution in [-0.2, 0) is 9.53 Å². The lowest BCUT2D eigenvalue weighted by molar-refractivity contribution is -0.144. The van der Waals surface area contributed by atoms with Crippen molar-refractivity contribution in [3.63, 3.8) is 0 Å². The summed E-state index contributed by atoms with van der Waals surface area (Å²) in [6.45, 7) is 2.83. The molecular formula is C16H20FNO4. The van der Waals surface area contributed by atoms with Gasteiger partial charge >= 0.3 is 5.97 Å². The first-order chi connectivity index (χ1) is 10.5. The van der Waals surface area contributed by atoms with E-state index in [0.29, 0.717) is 31.6 Å². The number of nitrogens with one attached hydrogen (secondary N) is 1. The Morgan fingerprint density at radius 2 is 2.05 bits per heavy atom.